The largest absolute Gasteiger partial charge is 0.529 e. The minimum atomic E-state index is -2.49. The molecule has 3 atom stereocenters. The summed E-state index contributed by atoms with van der Waals surface area (Å²) in [5, 5.41) is 6.56. The van der Waals surface area contributed by atoms with E-state index in [4.69, 9.17) is 0 Å². The van der Waals surface area contributed by atoms with Gasteiger partial charge in [-0.25, -0.2) is 4.79 Å². The lowest BCUT2D eigenvalue weighted by molar-refractivity contribution is -0.375. The summed E-state index contributed by atoms with van der Waals surface area (Å²) in [6.07, 6.45) is 1.86. The summed E-state index contributed by atoms with van der Waals surface area (Å²) in [4.78, 5) is 65.1. The molecule has 0 spiro atoms. The fraction of sp³-hybridized carbons (Fsp3) is 0.105. The number of fused-ring (bicyclic) bond motifs is 2. The van der Waals surface area contributed by atoms with E-state index >= 15 is 0 Å². The average molecular weight is 738 g/mol. The summed E-state index contributed by atoms with van der Waals surface area (Å²) < 4.78 is 12.2. The maximum absolute atomic E-state index is 12.3. The molecule has 2 aliphatic heterocycles. The SMILES string of the molecule is O=C1Cc2cc(-c3ccc4c(c3)C=C(P(O)O)NC4c3cccc(-c4cccc(CNC(c5ccccc5)[P+](=O)O)c4)c3)ccc2C(P(O)O)=[NH+]1. The molecule has 0 saturated heterocycles. The van der Waals surface area contributed by atoms with Crippen LogP contribution in [0.3, 0.4) is 0 Å². The molecule has 0 aromatic heterocycles. The Morgan fingerprint density at radius 2 is 1.51 bits per heavy atom. The van der Waals surface area contributed by atoms with Crippen molar-refractivity contribution in [2.75, 3.05) is 0 Å². The second-order valence-corrected chi connectivity index (χ2v) is 15.5. The Balaban J connectivity index is 1.17. The van der Waals surface area contributed by atoms with Crippen molar-refractivity contribution < 1.29 is 38.8 Å². The first-order chi connectivity index (χ1) is 24.6. The molecule has 7 rings (SSSR count). The zero-order chi connectivity index (χ0) is 35.6. The van der Waals surface area contributed by atoms with Crippen LogP contribution in [-0.2, 0) is 22.3 Å². The van der Waals surface area contributed by atoms with Gasteiger partial charge >= 0.3 is 13.9 Å². The zero-order valence-electron chi connectivity index (χ0n) is 27.0. The van der Waals surface area contributed by atoms with Gasteiger partial charge in [-0.3, -0.25) is 5.32 Å². The molecular formula is C38H34N3O7P3+2. The maximum atomic E-state index is 12.3. The van der Waals surface area contributed by atoms with E-state index in [1.807, 2.05) is 103 Å². The van der Waals surface area contributed by atoms with Crippen LogP contribution in [0.5, 0.6) is 0 Å². The maximum Gasteiger partial charge on any atom is 0.529 e. The molecule has 256 valence electrons. The number of hydrogen-bond donors (Lipinski definition) is 8. The van der Waals surface area contributed by atoms with E-state index < -0.39 is 30.6 Å². The molecule has 5 aromatic rings. The van der Waals surface area contributed by atoms with Gasteiger partial charge in [0.15, 0.2) is 0 Å². The van der Waals surface area contributed by atoms with Gasteiger partial charge in [0.2, 0.25) is 8.38 Å². The Kier molecular flexibility index (Phi) is 10.4. The van der Waals surface area contributed by atoms with Gasteiger partial charge in [0, 0.05) is 12.1 Å². The highest BCUT2D eigenvalue weighted by Gasteiger charge is 2.32. The number of carbonyl (C=O) groups is 1. The summed E-state index contributed by atoms with van der Waals surface area (Å²) >= 11 is 0. The summed E-state index contributed by atoms with van der Waals surface area (Å²) in [6, 6.07) is 36.3. The van der Waals surface area contributed by atoms with Gasteiger partial charge in [-0.15, -0.1) is 0 Å². The van der Waals surface area contributed by atoms with E-state index in [0.29, 0.717) is 23.1 Å². The van der Waals surface area contributed by atoms with Crippen LogP contribution in [0, 0.1) is 0 Å². The molecule has 51 heavy (non-hydrogen) atoms. The Hall–Kier alpha value is -4.30. The van der Waals surface area contributed by atoms with Crippen LogP contribution in [0.25, 0.3) is 28.3 Å². The highest BCUT2D eigenvalue weighted by Crippen LogP contribution is 2.44. The predicted molar refractivity (Wildman–Crippen MR) is 199 cm³/mol. The van der Waals surface area contributed by atoms with Crippen molar-refractivity contribution in [3.63, 3.8) is 0 Å². The van der Waals surface area contributed by atoms with Gasteiger partial charge in [-0.1, -0.05) is 84.9 Å². The minimum Gasteiger partial charge on any atom is -0.370 e. The summed E-state index contributed by atoms with van der Waals surface area (Å²) in [5.41, 5.74) is 9.71. The predicted octanol–water partition coefficient (Wildman–Crippen LogP) is 5.04. The molecule has 0 fully saturated rings. The molecule has 0 aliphatic carbocycles. The quantitative estimate of drug-likeness (QED) is 0.0915. The van der Waals surface area contributed by atoms with Gasteiger partial charge in [0.25, 0.3) is 19.6 Å². The highest BCUT2D eigenvalue weighted by atomic mass is 31.2. The number of carbonyl (C=O) groups excluding carboxylic acids is 1. The third-order valence-electron chi connectivity index (χ3n) is 9.02. The van der Waals surface area contributed by atoms with Gasteiger partial charge in [0.05, 0.1) is 17.0 Å². The van der Waals surface area contributed by atoms with Crippen molar-refractivity contribution in [2.24, 2.45) is 0 Å². The second-order valence-electron chi connectivity index (χ2n) is 12.3. The van der Waals surface area contributed by atoms with Crippen LogP contribution in [0.1, 0.15) is 50.8 Å². The molecule has 2 heterocycles. The lowest BCUT2D eigenvalue weighted by Crippen LogP contribution is -2.79. The summed E-state index contributed by atoms with van der Waals surface area (Å²) in [7, 11) is -7.39. The lowest BCUT2D eigenvalue weighted by Gasteiger charge is -2.29. The molecule has 13 heteroatoms. The monoisotopic (exact) mass is 737 g/mol. The topological polar surface area (TPSA) is 173 Å². The van der Waals surface area contributed by atoms with Crippen molar-refractivity contribution in [1.82, 2.24) is 10.6 Å². The molecular weight excluding hydrogens is 703 g/mol. The smallest absolute Gasteiger partial charge is 0.370 e. The summed E-state index contributed by atoms with van der Waals surface area (Å²) in [6.45, 7) is 0.389. The van der Waals surface area contributed by atoms with Crippen LogP contribution >= 0.6 is 24.8 Å². The van der Waals surface area contributed by atoms with E-state index in [2.05, 4.69) is 21.7 Å². The summed E-state index contributed by atoms with van der Waals surface area (Å²) in [5.74, 6) is -1.00. The van der Waals surface area contributed by atoms with Crippen LogP contribution in [0.2, 0.25) is 0 Å². The standard InChI is InChI=1S/C38H32N3O7P3/c42-34-20-30-18-28(13-15-33(30)38(40-34)51(47)48)27-12-14-32-31(19-27)21-35(49(43)44)41-36(32)29-11-5-10-26(17-29)25-9-4-6-23(16-25)22-39-37(50(45)46)24-7-2-1-3-8-24/h1-19,21,36-37,39,41,43-44,47-48H,20,22H2/p+2. The van der Waals surface area contributed by atoms with Crippen molar-refractivity contribution in [2.45, 2.75) is 24.8 Å². The molecule has 3 unspecified atom stereocenters. The van der Waals surface area contributed by atoms with Crippen molar-refractivity contribution in [3.8, 4) is 22.3 Å². The van der Waals surface area contributed by atoms with Crippen LogP contribution in [-0.4, -0.2) is 35.8 Å². The average Bonchev–Trinajstić information content (AvgIpc) is 3.14. The fourth-order valence-corrected chi connectivity index (χ4v) is 8.42. The van der Waals surface area contributed by atoms with Crippen molar-refractivity contribution >= 4 is 42.2 Å². The van der Waals surface area contributed by atoms with E-state index in [1.54, 1.807) is 12.1 Å². The van der Waals surface area contributed by atoms with Crippen LogP contribution in [0.4, 0.5) is 0 Å². The second kappa shape index (κ2) is 15.1. The Morgan fingerprint density at radius 3 is 2.25 bits per heavy atom. The first kappa shape index (κ1) is 35.1. The van der Waals surface area contributed by atoms with E-state index in [-0.39, 0.29) is 23.8 Å². The van der Waals surface area contributed by atoms with E-state index in [9.17, 15) is 33.8 Å². The van der Waals surface area contributed by atoms with Crippen molar-refractivity contribution in [3.05, 3.63) is 160 Å². The number of rotatable bonds is 10. The molecule has 5 aromatic carbocycles. The first-order valence-corrected chi connectivity index (χ1v) is 19.8. The number of hydrogen-bond acceptors (Lipinski definition) is 8. The number of nitrogens with one attached hydrogen (secondary N) is 3. The third kappa shape index (κ3) is 7.67. The molecule has 0 saturated carbocycles. The van der Waals surface area contributed by atoms with Crippen LogP contribution < -0.4 is 15.6 Å². The Morgan fingerprint density at radius 1 is 0.804 bits per heavy atom. The highest BCUT2D eigenvalue weighted by molar-refractivity contribution is 7.65. The third-order valence-corrected chi connectivity index (χ3v) is 11.4. The van der Waals surface area contributed by atoms with Gasteiger partial charge < -0.3 is 24.9 Å². The van der Waals surface area contributed by atoms with E-state index in [0.717, 1.165) is 50.1 Å². The normalized spacial score (nSPS) is 16.2. The Bertz CT molecular complexity index is 2210. The fourth-order valence-electron chi connectivity index (χ4n) is 6.59. The van der Waals surface area contributed by atoms with Gasteiger partial charge in [-0.2, -0.15) is 9.89 Å². The van der Waals surface area contributed by atoms with Crippen LogP contribution in [0.15, 0.2) is 121 Å². The van der Waals surface area contributed by atoms with Crippen molar-refractivity contribution in [1.29, 1.82) is 0 Å². The Labute approximate surface area is 297 Å². The molecule has 2 aliphatic rings. The molecule has 10 nitrogen and oxygen atoms in total. The first-order valence-electron chi connectivity index (χ1n) is 16.1. The molecule has 0 bridgehead atoms. The minimum absolute atomic E-state index is 0.115. The number of amides is 1. The molecule has 1 amide bonds. The zero-order valence-corrected chi connectivity index (χ0v) is 29.7. The van der Waals surface area contributed by atoms with E-state index in [1.165, 1.54) is 0 Å². The van der Waals surface area contributed by atoms with Gasteiger partial charge in [-0.05, 0) is 91.0 Å². The molecule has 8 N–H and O–H groups in total. The van der Waals surface area contributed by atoms with Gasteiger partial charge in [0.1, 0.15) is 6.42 Å². The lowest BCUT2D eigenvalue weighted by atomic mass is 9.88. The molecule has 0 radical (unpaired) electrons. The number of benzene rings is 5.